The molecule has 7 nitrogen and oxygen atoms in total. The smallest absolute Gasteiger partial charge is 0.314 e. The quantitative estimate of drug-likeness (QED) is 0.221. The van der Waals surface area contributed by atoms with Crippen LogP contribution in [0.25, 0.3) is 10.8 Å². The maximum absolute atomic E-state index is 13.6. The Hall–Kier alpha value is -2.93. The first-order chi connectivity index (χ1) is 23.2. The molecule has 2 aliphatic carbocycles. The number of carboxylic acid groups (broad SMARTS) is 1. The van der Waals surface area contributed by atoms with E-state index in [-0.39, 0.29) is 40.5 Å². The molecule has 3 fully saturated rings. The molecule has 1 N–H and O–H groups in total. The van der Waals surface area contributed by atoms with E-state index in [0.29, 0.717) is 32.3 Å². The fraction of sp³-hybridized carbons (Fsp3) is 0.698. The Morgan fingerprint density at radius 2 is 1.50 bits per heavy atom. The van der Waals surface area contributed by atoms with Crippen LogP contribution in [0.2, 0.25) is 0 Å². The minimum Gasteiger partial charge on any atom is -0.481 e. The largest absolute Gasteiger partial charge is 0.481 e. The van der Waals surface area contributed by atoms with Crippen LogP contribution in [0.3, 0.4) is 0 Å². The zero-order valence-corrected chi connectivity index (χ0v) is 32.5. The highest BCUT2D eigenvalue weighted by atomic mass is 16.7. The average Bonchev–Trinajstić information content (AvgIpc) is 3.31. The molecule has 7 heteroatoms. The lowest BCUT2D eigenvalue weighted by atomic mass is 9.63. The van der Waals surface area contributed by atoms with E-state index in [2.05, 4.69) is 83.1 Å². The maximum Gasteiger partial charge on any atom is 0.314 e. The van der Waals surface area contributed by atoms with Gasteiger partial charge in [0.05, 0.1) is 23.4 Å². The number of aliphatic carboxylic acids is 1. The summed E-state index contributed by atoms with van der Waals surface area (Å²) in [6.07, 6.45) is 6.54. The van der Waals surface area contributed by atoms with E-state index in [0.717, 1.165) is 32.1 Å². The molecule has 8 atom stereocenters. The van der Waals surface area contributed by atoms with Crippen molar-refractivity contribution in [3.63, 3.8) is 0 Å². The lowest BCUT2D eigenvalue weighted by molar-refractivity contribution is -0.199. The molecule has 1 heterocycles. The summed E-state index contributed by atoms with van der Waals surface area (Å²) in [4.78, 5) is 39.3. The second kappa shape index (κ2) is 15.0. The van der Waals surface area contributed by atoms with Crippen molar-refractivity contribution in [2.45, 2.75) is 145 Å². The third kappa shape index (κ3) is 7.78. The number of benzene rings is 2. The van der Waals surface area contributed by atoms with E-state index >= 15 is 0 Å². The number of ether oxygens (including phenoxy) is 3. The first-order valence-electron chi connectivity index (χ1n) is 19.0. The van der Waals surface area contributed by atoms with Gasteiger partial charge in [-0.1, -0.05) is 97.0 Å². The molecule has 8 unspecified atom stereocenters. The summed E-state index contributed by atoms with van der Waals surface area (Å²) in [5, 5.41) is 12.6. The molecule has 2 bridgehead atoms. The second-order valence-corrected chi connectivity index (χ2v) is 17.8. The summed E-state index contributed by atoms with van der Waals surface area (Å²) < 4.78 is 17.8. The van der Waals surface area contributed by atoms with Gasteiger partial charge in [0.1, 0.15) is 5.60 Å². The molecule has 0 radical (unpaired) electrons. The molecule has 2 saturated carbocycles. The van der Waals surface area contributed by atoms with Gasteiger partial charge in [-0.15, -0.1) is 0 Å². The van der Waals surface area contributed by atoms with Crippen molar-refractivity contribution >= 4 is 28.7 Å². The van der Waals surface area contributed by atoms with E-state index in [1.54, 1.807) is 6.92 Å². The minimum atomic E-state index is -1.07. The highest BCUT2D eigenvalue weighted by Crippen LogP contribution is 2.76. The van der Waals surface area contributed by atoms with E-state index in [4.69, 9.17) is 14.2 Å². The number of esters is 2. The van der Waals surface area contributed by atoms with Crippen LogP contribution in [0, 0.1) is 38.9 Å². The molecular weight excluding hydrogens is 628 g/mol. The van der Waals surface area contributed by atoms with Crippen LogP contribution in [0.15, 0.2) is 48.5 Å². The van der Waals surface area contributed by atoms with Gasteiger partial charge < -0.3 is 19.3 Å². The lowest BCUT2D eigenvalue weighted by Crippen LogP contribution is -2.48. The van der Waals surface area contributed by atoms with Crippen LogP contribution >= 0.6 is 0 Å². The summed E-state index contributed by atoms with van der Waals surface area (Å²) in [7, 11) is 0. The van der Waals surface area contributed by atoms with Gasteiger partial charge >= 0.3 is 17.9 Å². The molecule has 5 rings (SSSR count). The summed E-state index contributed by atoms with van der Waals surface area (Å²) in [6.45, 7) is 21.2. The van der Waals surface area contributed by atoms with Crippen molar-refractivity contribution in [2.24, 2.45) is 38.9 Å². The first kappa shape index (κ1) is 39.8. The van der Waals surface area contributed by atoms with E-state index < -0.39 is 34.7 Å². The van der Waals surface area contributed by atoms with E-state index in [1.807, 2.05) is 27.7 Å². The number of hydrogen-bond donors (Lipinski definition) is 1. The number of carbonyl (C=O) groups excluding carboxylic acids is 2. The molecule has 1 aliphatic heterocycles. The molecule has 3 aliphatic rings. The standard InChI is InChI=1S/C33H56O7.C10H8/c1-11-29(6,26(35)36)20-30(7,27(37)39-24-14-12-13-17-38-24)19-22(2)18-23(3)25(34)40-33(10)21-31(8)15-16-32(33,9)28(31,4)5;1-2-6-10-8-4-3-7-9(10)5-1/h22-24H,11-21H2,1-10H3,(H,35,36);1-8H. The molecule has 0 spiro atoms. The predicted molar refractivity (Wildman–Crippen MR) is 198 cm³/mol. The monoisotopic (exact) mass is 692 g/mol. The highest BCUT2D eigenvalue weighted by molar-refractivity contribution is 5.82. The van der Waals surface area contributed by atoms with Crippen molar-refractivity contribution in [1.29, 1.82) is 0 Å². The molecule has 0 aromatic heterocycles. The lowest BCUT2D eigenvalue weighted by Gasteiger charge is -2.46. The molecule has 1 saturated heterocycles. The number of carboxylic acids is 1. The van der Waals surface area contributed by atoms with Gasteiger partial charge in [-0.25, -0.2) is 0 Å². The third-order valence-corrected chi connectivity index (χ3v) is 13.8. The van der Waals surface area contributed by atoms with Crippen LogP contribution in [0.1, 0.15) is 133 Å². The van der Waals surface area contributed by atoms with E-state index in [1.165, 1.54) is 10.8 Å². The number of hydrogen-bond acceptors (Lipinski definition) is 6. The van der Waals surface area contributed by atoms with Gasteiger partial charge in [-0.2, -0.15) is 0 Å². The normalized spacial score (nSPS) is 30.6. The van der Waals surface area contributed by atoms with Gasteiger partial charge in [0, 0.05) is 11.8 Å². The number of fused-ring (bicyclic) bond motifs is 3. The Labute approximate surface area is 301 Å². The number of carbonyl (C=O) groups is 3. The Kier molecular flexibility index (Phi) is 11.9. The Morgan fingerprint density at radius 1 is 0.920 bits per heavy atom. The van der Waals surface area contributed by atoms with Gasteiger partial charge in [-0.3, -0.25) is 14.4 Å². The summed E-state index contributed by atoms with van der Waals surface area (Å²) in [6, 6.07) is 16.7. The Balaban J connectivity index is 0.000000474. The summed E-state index contributed by atoms with van der Waals surface area (Å²) in [5.74, 6) is -1.90. The molecular formula is C43H64O7. The SMILES string of the molecule is CCC(C)(CC(C)(CC(C)CC(C)C(=O)OC1(C)CC2(C)CCC1(C)C2(C)C)C(=O)OC1CCCCO1)C(=O)O.c1ccc2ccccc2c1. The van der Waals surface area contributed by atoms with Gasteiger partial charge in [0.15, 0.2) is 0 Å². The minimum absolute atomic E-state index is 0.0281. The third-order valence-electron chi connectivity index (χ3n) is 13.8. The van der Waals surface area contributed by atoms with Gasteiger partial charge in [0.2, 0.25) is 6.29 Å². The zero-order valence-electron chi connectivity index (χ0n) is 32.5. The van der Waals surface area contributed by atoms with Crippen LogP contribution in [0.4, 0.5) is 0 Å². The van der Waals surface area contributed by atoms with Crippen molar-refractivity contribution in [3.8, 4) is 0 Å². The van der Waals surface area contributed by atoms with Gasteiger partial charge in [-0.05, 0) is 106 Å². The predicted octanol–water partition coefficient (Wildman–Crippen LogP) is 10.4. The summed E-state index contributed by atoms with van der Waals surface area (Å²) in [5.41, 5.74) is -2.48. The van der Waals surface area contributed by atoms with Crippen LogP contribution in [-0.2, 0) is 28.6 Å². The zero-order chi connectivity index (χ0) is 37.2. The van der Waals surface area contributed by atoms with Crippen molar-refractivity contribution in [3.05, 3.63) is 48.5 Å². The van der Waals surface area contributed by atoms with Crippen molar-refractivity contribution < 1.29 is 33.7 Å². The molecule has 2 aromatic carbocycles. The maximum atomic E-state index is 13.6. The topological polar surface area (TPSA) is 99.1 Å². The van der Waals surface area contributed by atoms with Crippen molar-refractivity contribution in [1.82, 2.24) is 0 Å². The Morgan fingerprint density at radius 3 is 1.94 bits per heavy atom. The average molecular weight is 693 g/mol. The van der Waals surface area contributed by atoms with E-state index in [9.17, 15) is 19.5 Å². The second-order valence-electron chi connectivity index (χ2n) is 17.8. The molecule has 50 heavy (non-hydrogen) atoms. The van der Waals surface area contributed by atoms with Crippen LogP contribution in [-0.4, -0.2) is 41.5 Å². The fourth-order valence-electron chi connectivity index (χ4n) is 9.65. The summed E-state index contributed by atoms with van der Waals surface area (Å²) >= 11 is 0. The fourth-order valence-corrected chi connectivity index (χ4v) is 9.65. The molecule has 2 aromatic rings. The molecule has 278 valence electrons. The van der Waals surface area contributed by atoms with Crippen LogP contribution in [0.5, 0.6) is 0 Å². The van der Waals surface area contributed by atoms with Gasteiger partial charge in [0.25, 0.3) is 0 Å². The highest BCUT2D eigenvalue weighted by Gasteiger charge is 2.73. The van der Waals surface area contributed by atoms with Crippen molar-refractivity contribution in [2.75, 3.05) is 6.61 Å². The van der Waals surface area contributed by atoms with Crippen LogP contribution < -0.4 is 0 Å². The number of rotatable bonds is 12. The molecule has 0 amide bonds. The first-order valence-corrected chi connectivity index (χ1v) is 19.0. The Bertz CT molecular complexity index is 1450.